The molecule has 0 bridgehead atoms. The molecule has 0 fully saturated rings. The maximum atomic E-state index is 12.4. The number of hydrogen-bond acceptors (Lipinski definition) is 6. The number of nitrogens with zero attached hydrogens (tertiary/aromatic N) is 3. The first-order valence-corrected chi connectivity index (χ1v) is 8.64. The molecule has 1 aromatic heterocycles. The lowest BCUT2D eigenvalue weighted by atomic mass is 10.1. The van der Waals surface area contributed by atoms with Gasteiger partial charge < -0.3 is 11.1 Å². The molecule has 0 saturated carbocycles. The molecule has 3 aromatic rings. The van der Waals surface area contributed by atoms with E-state index in [1.54, 1.807) is 35.8 Å². The fourth-order valence-corrected chi connectivity index (χ4v) is 2.60. The second kappa shape index (κ2) is 8.26. The van der Waals surface area contributed by atoms with Crippen molar-refractivity contribution in [3.63, 3.8) is 0 Å². The summed E-state index contributed by atoms with van der Waals surface area (Å²) in [5, 5.41) is 20.1. The number of halogens is 2. The van der Waals surface area contributed by atoms with E-state index < -0.39 is 11.8 Å². The monoisotopic (exact) mass is 420 g/mol. The molecule has 0 radical (unpaired) electrons. The van der Waals surface area contributed by atoms with Gasteiger partial charge in [-0.1, -0.05) is 35.3 Å². The quantitative estimate of drug-likeness (QED) is 0.369. The topological polar surface area (TPSA) is 135 Å². The number of nitrogen functional groups attached to an aromatic ring is 1. The SMILES string of the molecule is Nc1nn(-c2ccc(Cl)c(Cl)c2)nc1C(=O)NCc1ccc(C(=O)NO)cc1. The van der Waals surface area contributed by atoms with Gasteiger partial charge in [-0.3, -0.25) is 14.8 Å². The molecule has 0 unspecified atom stereocenters. The maximum Gasteiger partial charge on any atom is 0.275 e. The van der Waals surface area contributed by atoms with Crippen LogP contribution in [0.5, 0.6) is 0 Å². The van der Waals surface area contributed by atoms with E-state index in [9.17, 15) is 9.59 Å². The fraction of sp³-hybridized carbons (Fsp3) is 0.0588. The minimum Gasteiger partial charge on any atom is -0.380 e. The molecule has 11 heteroatoms. The number of hydrogen-bond donors (Lipinski definition) is 4. The van der Waals surface area contributed by atoms with Gasteiger partial charge in [0.1, 0.15) is 0 Å². The molecule has 1 heterocycles. The van der Waals surface area contributed by atoms with Crippen LogP contribution in [0.1, 0.15) is 26.4 Å². The summed E-state index contributed by atoms with van der Waals surface area (Å²) in [5.41, 5.74) is 8.82. The van der Waals surface area contributed by atoms with Crippen molar-refractivity contribution in [1.82, 2.24) is 25.8 Å². The Labute approximate surface area is 169 Å². The standard InChI is InChI=1S/C17H14Cl2N6O3/c18-12-6-5-11(7-13(12)19)25-22-14(15(20)23-25)17(27)21-8-9-1-3-10(4-2-9)16(26)24-28/h1-7,28H,8H2,(H2,20,23)(H,21,27)(H,24,26). The number of nitrogens with two attached hydrogens (primary N) is 1. The molecule has 2 aromatic carbocycles. The average molecular weight is 421 g/mol. The fourth-order valence-electron chi connectivity index (χ4n) is 2.31. The van der Waals surface area contributed by atoms with Gasteiger partial charge in [0.15, 0.2) is 11.5 Å². The molecule has 3 rings (SSSR count). The Morgan fingerprint density at radius 2 is 1.75 bits per heavy atom. The summed E-state index contributed by atoms with van der Waals surface area (Å²) in [6.07, 6.45) is 0. The number of rotatable bonds is 5. The van der Waals surface area contributed by atoms with Crippen molar-refractivity contribution in [3.05, 3.63) is 69.3 Å². The number of benzene rings is 2. The molecule has 144 valence electrons. The minimum atomic E-state index is -0.623. The molecule has 0 atom stereocenters. The summed E-state index contributed by atoms with van der Waals surface area (Å²) < 4.78 is 0. The van der Waals surface area contributed by atoms with Crippen molar-refractivity contribution < 1.29 is 14.8 Å². The van der Waals surface area contributed by atoms with Gasteiger partial charge in [-0.05, 0) is 35.9 Å². The normalized spacial score (nSPS) is 10.5. The number of carbonyl (C=O) groups is 2. The summed E-state index contributed by atoms with van der Waals surface area (Å²) in [7, 11) is 0. The Hall–Kier alpha value is -3.14. The average Bonchev–Trinajstić information content (AvgIpc) is 3.09. The number of carbonyl (C=O) groups excluding carboxylic acids is 2. The maximum absolute atomic E-state index is 12.4. The molecule has 2 amide bonds. The Morgan fingerprint density at radius 3 is 2.39 bits per heavy atom. The highest BCUT2D eigenvalue weighted by atomic mass is 35.5. The van der Waals surface area contributed by atoms with Crippen LogP contribution in [0.3, 0.4) is 0 Å². The van der Waals surface area contributed by atoms with Crippen LogP contribution < -0.4 is 16.5 Å². The summed E-state index contributed by atoms with van der Waals surface area (Å²) in [6.45, 7) is 0.179. The van der Waals surface area contributed by atoms with Crippen molar-refractivity contribution in [2.24, 2.45) is 0 Å². The predicted octanol–water partition coefficient (Wildman–Crippen LogP) is 2.21. The minimum absolute atomic E-state index is 0.0395. The third-order valence-corrected chi connectivity index (χ3v) is 4.50. The van der Waals surface area contributed by atoms with E-state index in [1.807, 2.05) is 0 Å². The first-order chi connectivity index (χ1) is 13.4. The van der Waals surface area contributed by atoms with Crippen LogP contribution >= 0.6 is 23.2 Å². The second-order valence-corrected chi connectivity index (χ2v) is 6.46. The van der Waals surface area contributed by atoms with E-state index in [2.05, 4.69) is 15.5 Å². The highest BCUT2D eigenvalue weighted by molar-refractivity contribution is 6.42. The molecule has 28 heavy (non-hydrogen) atoms. The summed E-state index contributed by atoms with van der Waals surface area (Å²) >= 11 is 11.9. The van der Waals surface area contributed by atoms with Gasteiger partial charge in [0.2, 0.25) is 0 Å². The van der Waals surface area contributed by atoms with E-state index in [4.69, 9.17) is 34.1 Å². The third-order valence-electron chi connectivity index (χ3n) is 3.76. The smallest absolute Gasteiger partial charge is 0.275 e. The Bertz CT molecular complexity index is 1040. The molecule has 0 saturated heterocycles. The molecule has 0 aliphatic rings. The zero-order valence-electron chi connectivity index (χ0n) is 14.2. The van der Waals surface area contributed by atoms with Gasteiger partial charge in [-0.2, -0.15) is 0 Å². The van der Waals surface area contributed by atoms with Crippen molar-refractivity contribution >= 4 is 40.8 Å². The molecule has 5 N–H and O–H groups in total. The van der Waals surface area contributed by atoms with E-state index in [1.165, 1.54) is 16.9 Å². The van der Waals surface area contributed by atoms with Crippen LogP contribution in [0.15, 0.2) is 42.5 Å². The van der Waals surface area contributed by atoms with Gasteiger partial charge in [0, 0.05) is 12.1 Å². The highest BCUT2D eigenvalue weighted by Crippen LogP contribution is 2.24. The van der Waals surface area contributed by atoms with Gasteiger partial charge in [0.25, 0.3) is 11.8 Å². The number of nitrogens with one attached hydrogen (secondary N) is 2. The van der Waals surface area contributed by atoms with Gasteiger partial charge in [-0.15, -0.1) is 15.0 Å². The molecular weight excluding hydrogens is 407 g/mol. The number of anilines is 1. The lowest BCUT2D eigenvalue weighted by molar-refractivity contribution is 0.0706. The second-order valence-electron chi connectivity index (χ2n) is 5.64. The zero-order chi connectivity index (χ0) is 20.3. The first-order valence-electron chi connectivity index (χ1n) is 7.89. The van der Waals surface area contributed by atoms with Crippen LogP contribution in [0.25, 0.3) is 5.69 Å². The Balaban J connectivity index is 1.70. The van der Waals surface area contributed by atoms with Crippen molar-refractivity contribution in [1.29, 1.82) is 0 Å². The zero-order valence-corrected chi connectivity index (χ0v) is 15.7. The third kappa shape index (κ3) is 4.22. The lowest BCUT2D eigenvalue weighted by Gasteiger charge is -2.05. The molecule has 0 aliphatic heterocycles. The van der Waals surface area contributed by atoms with Gasteiger partial charge in [-0.25, -0.2) is 5.48 Å². The summed E-state index contributed by atoms with van der Waals surface area (Å²) in [5.74, 6) is -1.18. The number of hydroxylamine groups is 1. The van der Waals surface area contributed by atoms with Crippen molar-refractivity contribution in [3.8, 4) is 5.69 Å². The summed E-state index contributed by atoms with van der Waals surface area (Å²) in [4.78, 5) is 24.9. The van der Waals surface area contributed by atoms with E-state index in [0.717, 1.165) is 5.56 Å². The van der Waals surface area contributed by atoms with Crippen LogP contribution in [0, 0.1) is 0 Å². The number of amides is 2. The lowest BCUT2D eigenvalue weighted by Crippen LogP contribution is -2.24. The predicted molar refractivity (Wildman–Crippen MR) is 103 cm³/mol. The van der Waals surface area contributed by atoms with Gasteiger partial charge >= 0.3 is 0 Å². The molecule has 0 aliphatic carbocycles. The van der Waals surface area contributed by atoms with Crippen LogP contribution in [-0.4, -0.2) is 32.0 Å². The Morgan fingerprint density at radius 1 is 1.04 bits per heavy atom. The first kappa shape index (κ1) is 19.6. The number of aromatic nitrogens is 3. The Kier molecular flexibility index (Phi) is 5.78. The van der Waals surface area contributed by atoms with E-state index in [-0.39, 0.29) is 23.6 Å². The van der Waals surface area contributed by atoms with Crippen molar-refractivity contribution in [2.75, 3.05) is 5.73 Å². The van der Waals surface area contributed by atoms with Crippen LogP contribution in [0.4, 0.5) is 5.82 Å². The van der Waals surface area contributed by atoms with E-state index in [0.29, 0.717) is 15.7 Å². The van der Waals surface area contributed by atoms with Gasteiger partial charge in [0.05, 0.1) is 15.7 Å². The van der Waals surface area contributed by atoms with E-state index >= 15 is 0 Å². The summed E-state index contributed by atoms with van der Waals surface area (Å²) in [6, 6.07) is 11.1. The van der Waals surface area contributed by atoms with Crippen LogP contribution in [0.2, 0.25) is 10.0 Å². The van der Waals surface area contributed by atoms with Crippen molar-refractivity contribution in [2.45, 2.75) is 6.54 Å². The molecular formula is C17H14Cl2N6O3. The largest absolute Gasteiger partial charge is 0.380 e. The molecule has 0 spiro atoms. The molecule has 9 nitrogen and oxygen atoms in total. The van der Waals surface area contributed by atoms with Crippen LogP contribution in [-0.2, 0) is 6.54 Å². The highest BCUT2D eigenvalue weighted by Gasteiger charge is 2.17.